The fraction of sp³-hybridized carbons (Fsp3) is 0.368. The average molecular weight is 475 g/mol. The number of carbonyl (C=O) groups excluding carboxylic acids is 2. The summed E-state index contributed by atoms with van der Waals surface area (Å²) in [5.74, 6) is -2.81. The summed E-state index contributed by atoms with van der Waals surface area (Å²) in [6, 6.07) is 2.17. The lowest BCUT2D eigenvalue weighted by molar-refractivity contribution is -0.159. The molecule has 0 saturated carbocycles. The summed E-state index contributed by atoms with van der Waals surface area (Å²) in [5.41, 5.74) is -0.185. The van der Waals surface area contributed by atoms with Crippen LogP contribution < -0.4 is 11.5 Å². The molecule has 2 fully saturated rings. The molecule has 0 spiro atoms. The lowest BCUT2D eigenvalue weighted by Crippen LogP contribution is -2.70. The van der Waals surface area contributed by atoms with Crippen molar-refractivity contribution in [1.82, 2.24) is 21.5 Å². The normalized spacial score (nSPS) is 23.6. The largest absolute Gasteiger partial charge is 0.480 e. The number of benzene rings is 1. The zero-order chi connectivity index (χ0) is 22.0. The number of carboxylic acids is 1. The lowest BCUT2D eigenvalue weighted by Gasteiger charge is -2.43. The van der Waals surface area contributed by atoms with Gasteiger partial charge in [-0.15, -0.1) is 11.8 Å². The molecule has 2 aromatic rings. The van der Waals surface area contributed by atoms with Gasteiger partial charge in [-0.25, -0.2) is 9.18 Å². The Bertz CT molecular complexity index is 1070. The zero-order valence-electron chi connectivity index (χ0n) is 16.8. The third kappa shape index (κ3) is 3.46. The number of aromatic nitrogens is 1. The number of carbonyl (C=O) groups is 3. The average Bonchev–Trinajstić information content (AvgIpc) is 3.14. The van der Waals surface area contributed by atoms with Crippen LogP contribution in [0.15, 0.2) is 22.7 Å². The number of amides is 2. The van der Waals surface area contributed by atoms with Crippen molar-refractivity contribution < 1.29 is 28.4 Å². The van der Waals surface area contributed by atoms with Gasteiger partial charge in [-0.05, 0) is 32.9 Å². The van der Waals surface area contributed by atoms with Crippen molar-refractivity contribution in [1.29, 1.82) is 0 Å². The van der Waals surface area contributed by atoms with E-state index in [9.17, 15) is 23.9 Å². The molecule has 0 bridgehead atoms. The summed E-state index contributed by atoms with van der Waals surface area (Å²) in [6.45, 7) is 4.97. The third-order valence-corrected chi connectivity index (χ3v) is 7.14. The van der Waals surface area contributed by atoms with Gasteiger partial charge in [0.25, 0.3) is 5.91 Å². The van der Waals surface area contributed by atoms with Crippen LogP contribution in [-0.4, -0.2) is 55.2 Å². The van der Waals surface area contributed by atoms with Gasteiger partial charge >= 0.3 is 5.97 Å². The number of nitrogens with zero attached hydrogens (tertiary/aromatic N) is 2. The molecule has 2 saturated heterocycles. The van der Waals surface area contributed by atoms with Crippen molar-refractivity contribution in [2.75, 3.05) is 0 Å². The number of β-lactam (4-membered cyclic amide) rings is 1. The van der Waals surface area contributed by atoms with Crippen LogP contribution in [0.25, 0.3) is 11.3 Å². The highest BCUT2D eigenvalue weighted by Gasteiger charge is 2.64. The molecule has 3 heterocycles. The standard InChI is InChI=1S/C19H17ClFN3O5S.H3N/c1-7-10(12(23-29-7)11-8(20)5-4-6-9(11)21)15(25)22-13-16(26)24-14(18(27)28)19(2,3)30-17(13)24;/h4-6,13-14,17H,1-3H3,(H,22,25)(H,27,28);1H3/t13-,14+,17-;/m1./s1/i1+1,7+1,10+1,15+1;. The molecular formula is C19H20ClFN4O5S. The van der Waals surface area contributed by atoms with Crippen LogP contribution in [0.4, 0.5) is 4.39 Å². The fourth-order valence-corrected chi connectivity index (χ4v) is 5.77. The van der Waals surface area contributed by atoms with Crippen LogP contribution in [0.5, 0.6) is 0 Å². The van der Waals surface area contributed by atoms with Gasteiger partial charge in [0.2, 0.25) is 5.91 Å². The van der Waals surface area contributed by atoms with Crippen molar-refractivity contribution in [3.05, 3.63) is 40.4 Å². The number of hydrogen-bond acceptors (Lipinski definition) is 7. The van der Waals surface area contributed by atoms with Gasteiger partial charge in [-0.2, -0.15) is 0 Å². The van der Waals surface area contributed by atoms with Crippen LogP contribution in [0.3, 0.4) is 0 Å². The topological polar surface area (TPSA) is 148 Å². The number of hydrogen-bond donors (Lipinski definition) is 3. The Morgan fingerprint density at radius 3 is 2.68 bits per heavy atom. The predicted octanol–water partition coefficient (Wildman–Crippen LogP) is 2.85. The number of aliphatic carboxylic acids is 1. The number of aryl methyl sites for hydroxylation is 1. The van der Waals surface area contributed by atoms with Crippen molar-refractivity contribution in [3.63, 3.8) is 0 Å². The first kappa shape index (κ1) is 23.0. The smallest absolute Gasteiger partial charge is 0.327 e. The van der Waals surface area contributed by atoms with Crippen LogP contribution in [-0.2, 0) is 9.59 Å². The number of nitrogens with one attached hydrogen (secondary N) is 1. The van der Waals surface area contributed by atoms with E-state index in [1.54, 1.807) is 13.8 Å². The van der Waals surface area contributed by atoms with E-state index in [1.807, 2.05) is 0 Å². The Morgan fingerprint density at radius 1 is 1.39 bits per heavy atom. The molecular weight excluding hydrogens is 455 g/mol. The molecule has 166 valence electrons. The Hall–Kier alpha value is -2.63. The maximum absolute atomic E-state index is 14.4. The Balaban J connectivity index is 0.00000272. The Morgan fingerprint density at radius 2 is 2.06 bits per heavy atom. The molecule has 0 radical (unpaired) electrons. The van der Waals surface area contributed by atoms with Gasteiger partial charge in [0.05, 0.1) is 10.6 Å². The molecule has 31 heavy (non-hydrogen) atoms. The minimum Gasteiger partial charge on any atom is -0.480 e. The summed E-state index contributed by atoms with van der Waals surface area (Å²) in [6.07, 6.45) is 0. The van der Waals surface area contributed by atoms with Gasteiger partial charge in [0.1, 0.15) is 40.3 Å². The molecule has 0 aliphatic carbocycles. The van der Waals surface area contributed by atoms with E-state index in [1.165, 1.54) is 41.8 Å². The third-order valence-electron chi connectivity index (χ3n) is 5.25. The first-order valence-corrected chi connectivity index (χ1v) is 10.2. The van der Waals surface area contributed by atoms with Gasteiger partial charge in [0, 0.05) is 4.75 Å². The quantitative estimate of drug-likeness (QED) is 0.452. The molecule has 4 rings (SSSR count). The fourth-order valence-electron chi connectivity index (χ4n) is 3.89. The second-order valence-electron chi connectivity index (χ2n) is 7.61. The van der Waals surface area contributed by atoms with Gasteiger partial charge in [-0.3, -0.25) is 9.59 Å². The van der Waals surface area contributed by atoms with Gasteiger partial charge in [0.15, 0.2) is 0 Å². The summed E-state index contributed by atoms with van der Waals surface area (Å²) in [5, 5.41) is 15.4. The van der Waals surface area contributed by atoms with Crippen molar-refractivity contribution >= 4 is 41.1 Å². The molecule has 9 nitrogen and oxygen atoms in total. The number of thioether (sulfide) groups is 1. The van der Waals surface area contributed by atoms with Crippen molar-refractivity contribution in [3.8, 4) is 11.3 Å². The molecule has 2 aliphatic rings. The van der Waals surface area contributed by atoms with Crippen LogP contribution >= 0.6 is 23.4 Å². The first-order chi connectivity index (χ1) is 14.0. The molecule has 3 atom stereocenters. The highest BCUT2D eigenvalue weighted by atomic mass is 35.5. The second-order valence-corrected chi connectivity index (χ2v) is 9.79. The number of carboxylic acid groups (broad SMARTS) is 1. The van der Waals surface area contributed by atoms with Crippen LogP contribution in [0.2, 0.25) is 5.02 Å². The van der Waals surface area contributed by atoms with Crippen LogP contribution in [0.1, 0.15) is 30.0 Å². The first-order valence-electron chi connectivity index (χ1n) is 8.99. The molecule has 1 aromatic heterocycles. The molecule has 5 N–H and O–H groups in total. The van der Waals surface area contributed by atoms with E-state index in [2.05, 4.69) is 10.5 Å². The summed E-state index contributed by atoms with van der Waals surface area (Å²) >= 11 is 7.40. The predicted molar refractivity (Wildman–Crippen MR) is 112 cm³/mol. The van der Waals surface area contributed by atoms with Crippen molar-refractivity contribution in [2.24, 2.45) is 0 Å². The zero-order valence-corrected chi connectivity index (χ0v) is 18.4. The molecule has 2 aliphatic heterocycles. The van der Waals surface area contributed by atoms with E-state index in [-0.39, 0.29) is 33.8 Å². The maximum Gasteiger partial charge on any atom is 0.327 e. The molecule has 0 unspecified atom stereocenters. The monoisotopic (exact) mass is 474 g/mol. The van der Waals surface area contributed by atoms with Gasteiger partial charge in [-0.1, -0.05) is 22.8 Å². The Kier molecular flexibility index (Phi) is 5.80. The summed E-state index contributed by atoms with van der Waals surface area (Å²) in [7, 11) is 0. The SMILES string of the molecule is CC1(C)S[C@@H]2[C@H](N[13C](=O)[13c]3c(-c4c(F)cccc4Cl)no[13c]3[13CH3])C(=O)N2[C@H]1C(=O)O.N. The van der Waals surface area contributed by atoms with E-state index < -0.39 is 45.8 Å². The minimum atomic E-state index is -1.10. The Labute approximate surface area is 185 Å². The number of fused-ring (bicyclic) bond motifs is 1. The highest BCUT2D eigenvalue weighted by molar-refractivity contribution is 8.01. The lowest BCUT2D eigenvalue weighted by atomic mass is 9.96. The van der Waals surface area contributed by atoms with Crippen molar-refractivity contribution in [2.45, 2.75) is 43.0 Å². The summed E-state index contributed by atoms with van der Waals surface area (Å²) < 4.78 is 18.7. The van der Waals surface area contributed by atoms with E-state index in [0.29, 0.717) is 0 Å². The highest BCUT2D eigenvalue weighted by Crippen LogP contribution is 2.50. The molecule has 2 amide bonds. The van der Waals surface area contributed by atoms with E-state index in [0.717, 1.165) is 0 Å². The van der Waals surface area contributed by atoms with Gasteiger partial charge < -0.3 is 26.0 Å². The van der Waals surface area contributed by atoms with Crippen LogP contribution in [0, 0.1) is 12.7 Å². The minimum absolute atomic E-state index is 0. The maximum atomic E-state index is 14.4. The molecule has 1 aromatic carbocycles. The number of halogens is 2. The molecule has 12 heteroatoms. The van der Waals surface area contributed by atoms with E-state index >= 15 is 0 Å². The second kappa shape index (κ2) is 7.81. The van der Waals surface area contributed by atoms with E-state index in [4.69, 9.17) is 16.1 Å². The number of rotatable bonds is 4. The summed E-state index contributed by atoms with van der Waals surface area (Å²) in [4.78, 5) is 38.5.